The van der Waals surface area contributed by atoms with E-state index in [1.54, 1.807) is 33.7 Å². The second kappa shape index (κ2) is 9.83. The second-order valence-corrected chi connectivity index (χ2v) is 6.87. The van der Waals surface area contributed by atoms with Crippen molar-refractivity contribution in [2.45, 2.75) is 11.7 Å². The zero-order valence-electron chi connectivity index (χ0n) is 16.4. The van der Waals surface area contributed by atoms with Crippen molar-refractivity contribution in [2.24, 2.45) is 0 Å². The van der Waals surface area contributed by atoms with E-state index in [9.17, 15) is 4.79 Å². The van der Waals surface area contributed by atoms with Gasteiger partial charge < -0.3 is 19.5 Å². The number of hydrogen-bond acceptors (Lipinski definition) is 7. The summed E-state index contributed by atoms with van der Waals surface area (Å²) in [6.07, 6.45) is 1.62. The van der Waals surface area contributed by atoms with Gasteiger partial charge >= 0.3 is 0 Å². The number of thioether (sulfide) groups is 1. The van der Waals surface area contributed by atoms with Gasteiger partial charge in [0.1, 0.15) is 23.6 Å². The lowest BCUT2D eigenvalue weighted by atomic mass is 10.2. The minimum Gasteiger partial charge on any atom is -0.497 e. The summed E-state index contributed by atoms with van der Waals surface area (Å²) in [4.78, 5) is 12.3. The predicted octanol–water partition coefficient (Wildman–Crippen LogP) is 2.70. The first-order chi connectivity index (χ1) is 14.1. The van der Waals surface area contributed by atoms with Crippen LogP contribution in [0.4, 0.5) is 0 Å². The Balaban J connectivity index is 1.57. The zero-order chi connectivity index (χ0) is 20.6. The summed E-state index contributed by atoms with van der Waals surface area (Å²) in [5.74, 6) is 2.23. The Morgan fingerprint density at radius 2 is 1.76 bits per heavy atom. The molecule has 0 radical (unpaired) electrons. The van der Waals surface area contributed by atoms with Gasteiger partial charge in [0.25, 0.3) is 0 Å². The van der Waals surface area contributed by atoms with Crippen molar-refractivity contribution < 1.29 is 19.0 Å². The first kappa shape index (κ1) is 20.5. The largest absolute Gasteiger partial charge is 0.497 e. The fourth-order valence-electron chi connectivity index (χ4n) is 2.62. The molecular weight excluding hydrogens is 392 g/mol. The van der Waals surface area contributed by atoms with Crippen molar-refractivity contribution in [3.8, 4) is 22.9 Å². The smallest absolute Gasteiger partial charge is 0.230 e. The van der Waals surface area contributed by atoms with E-state index in [0.717, 1.165) is 17.0 Å². The highest BCUT2D eigenvalue weighted by atomic mass is 32.2. The van der Waals surface area contributed by atoms with Crippen molar-refractivity contribution in [1.29, 1.82) is 0 Å². The van der Waals surface area contributed by atoms with Gasteiger partial charge in [0, 0.05) is 23.9 Å². The highest BCUT2D eigenvalue weighted by Gasteiger charge is 2.11. The first-order valence-electron chi connectivity index (χ1n) is 8.79. The maximum atomic E-state index is 12.3. The van der Waals surface area contributed by atoms with E-state index in [2.05, 4.69) is 15.5 Å². The molecular formula is C20H22N4O4S. The molecule has 3 rings (SSSR count). The van der Waals surface area contributed by atoms with E-state index in [1.807, 2.05) is 41.0 Å². The molecule has 0 atom stereocenters. The Morgan fingerprint density at radius 1 is 1.03 bits per heavy atom. The van der Waals surface area contributed by atoms with Crippen molar-refractivity contribution in [2.75, 3.05) is 27.1 Å². The summed E-state index contributed by atoms with van der Waals surface area (Å²) in [6.45, 7) is 0.359. The third-order valence-electron chi connectivity index (χ3n) is 4.17. The van der Waals surface area contributed by atoms with E-state index in [4.69, 9.17) is 14.2 Å². The van der Waals surface area contributed by atoms with E-state index in [0.29, 0.717) is 23.2 Å². The van der Waals surface area contributed by atoms with Crippen LogP contribution >= 0.6 is 11.8 Å². The minimum absolute atomic E-state index is 0.114. The molecule has 8 nitrogen and oxygen atoms in total. The summed E-state index contributed by atoms with van der Waals surface area (Å²) in [5, 5.41) is 11.6. The van der Waals surface area contributed by atoms with Gasteiger partial charge in [-0.1, -0.05) is 11.8 Å². The van der Waals surface area contributed by atoms with E-state index in [1.165, 1.54) is 11.8 Å². The number of ether oxygens (including phenoxy) is 3. The van der Waals surface area contributed by atoms with Gasteiger partial charge in [-0.2, -0.15) is 0 Å². The number of carbonyl (C=O) groups excluding carboxylic acids is 1. The van der Waals surface area contributed by atoms with Crippen LogP contribution in [0.2, 0.25) is 0 Å². The summed E-state index contributed by atoms with van der Waals surface area (Å²) in [5.41, 5.74) is 1.76. The number of nitrogens with one attached hydrogen (secondary N) is 1. The Kier molecular flexibility index (Phi) is 6.96. The number of hydrogen-bond donors (Lipinski definition) is 1. The SMILES string of the molecule is COc1ccc(-n2cnnc2SCC(=O)NCc2ccc(OC)cc2OC)cc1. The van der Waals surface area contributed by atoms with Crippen LogP contribution in [0.3, 0.4) is 0 Å². The van der Waals surface area contributed by atoms with Crippen LogP contribution in [-0.2, 0) is 11.3 Å². The summed E-state index contributed by atoms with van der Waals surface area (Å²) in [6, 6.07) is 13.0. The molecule has 29 heavy (non-hydrogen) atoms. The van der Waals surface area contributed by atoms with Crippen molar-refractivity contribution >= 4 is 17.7 Å². The predicted molar refractivity (Wildman–Crippen MR) is 110 cm³/mol. The number of rotatable bonds is 9. The molecule has 0 fully saturated rings. The molecule has 0 aliphatic rings. The Hall–Kier alpha value is -3.20. The lowest BCUT2D eigenvalue weighted by molar-refractivity contribution is -0.118. The molecule has 2 aromatic carbocycles. The van der Waals surface area contributed by atoms with Crippen LogP contribution in [-0.4, -0.2) is 47.8 Å². The van der Waals surface area contributed by atoms with Gasteiger partial charge in [-0.15, -0.1) is 10.2 Å². The molecule has 1 N–H and O–H groups in total. The number of nitrogens with zero attached hydrogens (tertiary/aromatic N) is 3. The lowest BCUT2D eigenvalue weighted by Crippen LogP contribution is -2.25. The van der Waals surface area contributed by atoms with Crippen molar-refractivity contribution in [3.63, 3.8) is 0 Å². The van der Waals surface area contributed by atoms with E-state index < -0.39 is 0 Å². The van der Waals surface area contributed by atoms with Crippen molar-refractivity contribution in [1.82, 2.24) is 20.1 Å². The first-order valence-corrected chi connectivity index (χ1v) is 9.78. The second-order valence-electron chi connectivity index (χ2n) is 5.92. The number of carbonyl (C=O) groups is 1. The number of methoxy groups -OCH3 is 3. The molecule has 0 bridgehead atoms. The van der Waals surface area contributed by atoms with Crippen LogP contribution in [0.25, 0.3) is 5.69 Å². The van der Waals surface area contributed by atoms with E-state index >= 15 is 0 Å². The highest BCUT2D eigenvalue weighted by Crippen LogP contribution is 2.25. The zero-order valence-corrected chi connectivity index (χ0v) is 17.2. The molecule has 0 saturated heterocycles. The molecule has 0 aliphatic carbocycles. The topological polar surface area (TPSA) is 87.5 Å². The summed E-state index contributed by atoms with van der Waals surface area (Å²) >= 11 is 1.31. The molecule has 9 heteroatoms. The van der Waals surface area contributed by atoms with Crippen LogP contribution in [0.1, 0.15) is 5.56 Å². The third-order valence-corrected chi connectivity index (χ3v) is 5.11. The van der Waals surface area contributed by atoms with Gasteiger partial charge in [0.15, 0.2) is 5.16 Å². The van der Waals surface area contributed by atoms with Gasteiger partial charge in [0.05, 0.1) is 27.1 Å². The maximum Gasteiger partial charge on any atom is 0.230 e. The Labute approximate surface area is 173 Å². The quantitative estimate of drug-likeness (QED) is 0.539. The standard InChI is InChI=1S/C20H22N4O4S/c1-26-16-8-5-15(6-9-16)24-13-22-23-20(24)29-12-19(25)21-11-14-4-7-17(27-2)10-18(14)28-3/h4-10,13H,11-12H2,1-3H3,(H,21,25). The lowest BCUT2D eigenvalue weighted by Gasteiger charge is -2.11. The molecule has 1 heterocycles. The monoisotopic (exact) mass is 414 g/mol. The molecule has 1 amide bonds. The molecule has 0 unspecified atom stereocenters. The normalized spacial score (nSPS) is 10.4. The molecule has 0 saturated carbocycles. The molecule has 0 aliphatic heterocycles. The van der Waals surface area contributed by atoms with Gasteiger partial charge in [0.2, 0.25) is 5.91 Å². The van der Waals surface area contributed by atoms with Crippen LogP contribution in [0.15, 0.2) is 53.9 Å². The summed E-state index contributed by atoms with van der Waals surface area (Å²) < 4.78 is 17.5. The van der Waals surface area contributed by atoms with Crippen molar-refractivity contribution in [3.05, 3.63) is 54.4 Å². The Morgan fingerprint density at radius 3 is 2.45 bits per heavy atom. The third kappa shape index (κ3) is 5.20. The van der Waals surface area contributed by atoms with Crippen LogP contribution in [0.5, 0.6) is 17.2 Å². The maximum absolute atomic E-state index is 12.3. The van der Waals surface area contributed by atoms with Crippen LogP contribution in [0, 0.1) is 0 Å². The average Bonchev–Trinajstić information content (AvgIpc) is 3.24. The van der Waals surface area contributed by atoms with Gasteiger partial charge in [-0.25, -0.2) is 0 Å². The summed E-state index contributed by atoms with van der Waals surface area (Å²) in [7, 11) is 4.80. The highest BCUT2D eigenvalue weighted by molar-refractivity contribution is 7.99. The Bertz CT molecular complexity index is 959. The van der Waals surface area contributed by atoms with E-state index in [-0.39, 0.29) is 11.7 Å². The van der Waals surface area contributed by atoms with Crippen LogP contribution < -0.4 is 19.5 Å². The molecule has 3 aromatic rings. The average molecular weight is 414 g/mol. The number of aromatic nitrogens is 3. The molecule has 152 valence electrons. The minimum atomic E-state index is -0.114. The van der Waals surface area contributed by atoms with Gasteiger partial charge in [-0.3, -0.25) is 9.36 Å². The van der Waals surface area contributed by atoms with Gasteiger partial charge in [-0.05, 0) is 36.4 Å². The molecule has 1 aromatic heterocycles. The number of benzene rings is 2. The molecule has 0 spiro atoms. The fourth-order valence-corrected chi connectivity index (χ4v) is 3.37. The fraction of sp³-hybridized carbons (Fsp3) is 0.250. The number of amides is 1.